The van der Waals surface area contributed by atoms with Gasteiger partial charge in [-0.25, -0.2) is 0 Å². The predicted molar refractivity (Wildman–Crippen MR) is 31.5 cm³/mol. The summed E-state index contributed by atoms with van der Waals surface area (Å²) in [5.74, 6) is -0.0671. The molecule has 0 saturated carbocycles. The third kappa shape index (κ3) is 1.96. The summed E-state index contributed by atoms with van der Waals surface area (Å²) in [5.41, 5.74) is 0. The van der Waals surface area contributed by atoms with E-state index in [9.17, 15) is 4.79 Å². The van der Waals surface area contributed by atoms with E-state index in [1.54, 1.807) is 0 Å². The van der Waals surface area contributed by atoms with Crippen molar-refractivity contribution >= 4 is 5.97 Å². The van der Waals surface area contributed by atoms with Gasteiger partial charge in [-0.15, -0.1) is 0 Å². The van der Waals surface area contributed by atoms with Crippen LogP contribution in [0.4, 0.5) is 0 Å². The molecule has 1 saturated heterocycles. The van der Waals surface area contributed by atoms with Crippen molar-refractivity contribution in [2.75, 3.05) is 0 Å². The second kappa shape index (κ2) is 3.47. The van der Waals surface area contributed by atoms with Crippen molar-refractivity contribution < 1.29 is 9.53 Å². The summed E-state index contributed by atoms with van der Waals surface area (Å²) >= 11 is 0. The number of carbonyl (C=O) groups is 1. The van der Waals surface area contributed by atoms with E-state index in [0.29, 0.717) is 6.42 Å². The molecule has 0 amide bonds. The number of esters is 1. The molecule has 8 heavy (non-hydrogen) atoms. The van der Waals surface area contributed by atoms with Gasteiger partial charge in [0, 0.05) is 0 Å². The molecule has 0 bridgehead atoms. The first-order valence-corrected chi connectivity index (χ1v) is 2.98. The Labute approximate surface area is 49.8 Å². The maximum absolute atomic E-state index is 9.89. The Bertz CT molecular complexity index is 70.6. The highest BCUT2D eigenvalue weighted by atomic mass is 16.6. The van der Waals surface area contributed by atoms with Gasteiger partial charge >= 0.3 is 5.97 Å². The normalized spacial score (nSPS) is 24.4. The molecule has 0 unspecified atom stereocenters. The number of hydrogen-bond acceptors (Lipinski definition) is 2. The third-order valence-corrected chi connectivity index (χ3v) is 0.787. The number of rotatable bonds is 0. The summed E-state index contributed by atoms with van der Waals surface area (Å²) in [5, 5.41) is 0. The van der Waals surface area contributed by atoms with E-state index in [4.69, 9.17) is 0 Å². The summed E-state index contributed by atoms with van der Waals surface area (Å²) in [6, 6.07) is 0. The topological polar surface area (TPSA) is 26.3 Å². The Balaban J connectivity index is 0.000000222. The zero-order chi connectivity index (χ0) is 6.57. The molecule has 0 radical (unpaired) electrons. The minimum atomic E-state index is -0.0671. The molecular formula is C6H12O2. The summed E-state index contributed by atoms with van der Waals surface area (Å²) in [6.07, 6.45) is 0.803. The van der Waals surface area contributed by atoms with Crippen molar-refractivity contribution in [3.63, 3.8) is 0 Å². The van der Waals surface area contributed by atoms with Gasteiger partial charge in [0.2, 0.25) is 0 Å². The molecule has 0 aromatic rings. The maximum Gasteiger partial charge on any atom is 0.309 e. The molecule has 0 N–H and O–H groups in total. The van der Waals surface area contributed by atoms with Crippen molar-refractivity contribution in [2.45, 2.75) is 33.3 Å². The van der Waals surface area contributed by atoms with Crippen molar-refractivity contribution in [2.24, 2.45) is 0 Å². The molecule has 1 heterocycles. The first kappa shape index (κ1) is 7.47. The molecule has 1 aliphatic heterocycles. The fourth-order valence-electron chi connectivity index (χ4n) is 0.449. The molecule has 0 aromatic heterocycles. The van der Waals surface area contributed by atoms with Crippen LogP contribution in [0.5, 0.6) is 0 Å². The summed E-state index contributed by atoms with van der Waals surface area (Å²) in [6.45, 7) is 5.88. The fraction of sp³-hybridized carbons (Fsp3) is 0.833. The first-order valence-electron chi connectivity index (χ1n) is 2.98. The molecule has 0 spiro atoms. The van der Waals surface area contributed by atoms with Gasteiger partial charge in [0.05, 0.1) is 6.42 Å². The van der Waals surface area contributed by atoms with Crippen LogP contribution in [0.1, 0.15) is 27.2 Å². The van der Waals surface area contributed by atoms with E-state index in [1.165, 1.54) is 0 Å². The molecule has 2 heteroatoms. The van der Waals surface area contributed by atoms with E-state index < -0.39 is 0 Å². The molecule has 2 nitrogen and oxygen atoms in total. The SMILES string of the molecule is CC.C[C@@H]1CC(=O)O1. The molecule has 1 fully saturated rings. The van der Waals surface area contributed by atoms with E-state index in [1.807, 2.05) is 20.8 Å². The van der Waals surface area contributed by atoms with Crippen LogP contribution in [-0.4, -0.2) is 12.1 Å². The van der Waals surface area contributed by atoms with Crippen molar-refractivity contribution in [1.82, 2.24) is 0 Å². The molecule has 1 atom stereocenters. The van der Waals surface area contributed by atoms with Crippen LogP contribution in [-0.2, 0) is 9.53 Å². The van der Waals surface area contributed by atoms with Gasteiger partial charge in [0.15, 0.2) is 0 Å². The highest BCUT2D eigenvalue weighted by Gasteiger charge is 2.22. The van der Waals surface area contributed by atoms with Crippen LogP contribution in [0, 0.1) is 0 Å². The molecule has 1 aliphatic rings. The lowest BCUT2D eigenvalue weighted by atomic mass is 10.2. The zero-order valence-corrected chi connectivity index (χ0v) is 5.60. The number of hydrogen-bond donors (Lipinski definition) is 0. The monoisotopic (exact) mass is 116 g/mol. The van der Waals surface area contributed by atoms with Crippen molar-refractivity contribution in [3.8, 4) is 0 Å². The van der Waals surface area contributed by atoms with E-state index >= 15 is 0 Å². The van der Waals surface area contributed by atoms with Crippen LogP contribution in [0.2, 0.25) is 0 Å². The largest absolute Gasteiger partial charge is 0.462 e. The maximum atomic E-state index is 9.89. The van der Waals surface area contributed by atoms with Gasteiger partial charge in [0.25, 0.3) is 0 Å². The summed E-state index contributed by atoms with van der Waals surface area (Å²) in [7, 11) is 0. The minimum absolute atomic E-state index is 0.0671. The van der Waals surface area contributed by atoms with Crippen LogP contribution in [0.3, 0.4) is 0 Å². The third-order valence-electron chi connectivity index (χ3n) is 0.787. The standard InChI is InChI=1S/C4H6O2.C2H6/c1-3-2-4(5)6-3;1-2/h3H,2H2,1H3;1-2H3/t3-;/m1./s1. The fourth-order valence-corrected chi connectivity index (χ4v) is 0.449. The number of ether oxygens (including phenoxy) is 1. The number of cyclic esters (lactones) is 1. The van der Waals surface area contributed by atoms with Crippen molar-refractivity contribution in [1.29, 1.82) is 0 Å². The van der Waals surface area contributed by atoms with E-state index in [-0.39, 0.29) is 12.1 Å². The highest BCUT2D eigenvalue weighted by molar-refractivity contribution is 5.74. The van der Waals surface area contributed by atoms with Gasteiger partial charge in [-0.1, -0.05) is 13.8 Å². The Kier molecular flexibility index (Phi) is 3.24. The average Bonchev–Trinajstić information content (AvgIpc) is 1.70. The lowest BCUT2D eigenvalue weighted by Gasteiger charge is -2.20. The molecule has 0 aromatic carbocycles. The Morgan fingerprint density at radius 1 is 1.62 bits per heavy atom. The van der Waals surface area contributed by atoms with Crippen molar-refractivity contribution in [3.05, 3.63) is 0 Å². The van der Waals surface area contributed by atoms with Crippen LogP contribution < -0.4 is 0 Å². The second-order valence-electron chi connectivity index (χ2n) is 1.50. The molecule has 48 valence electrons. The quantitative estimate of drug-likeness (QED) is 0.446. The predicted octanol–water partition coefficient (Wildman–Crippen LogP) is 1.35. The lowest BCUT2D eigenvalue weighted by molar-refractivity contribution is -0.167. The second-order valence-corrected chi connectivity index (χ2v) is 1.50. The van der Waals surface area contributed by atoms with Crippen LogP contribution >= 0.6 is 0 Å². The molecular weight excluding hydrogens is 104 g/mol. The van der Waals surface area contributed by atoms with Crippen LogP contribution in [0.25, 0.3) is 0 Å². The Hall–Kier alpha value is -0.530. The van der Waals surface area contributed by atoms with Gasteiger partial charge in [-0.05, 0) is 6.92 Å². The minimum Gasteiger partial charge on any atom is -0.462 e. The summed E-state index contributed by atoms with van der Waals surface area (Å²) < 4.78 is 4.50. The summed E-state index contributed by atoms with van der Waals surface area (Å²) in [4.78, 5) is 9.89. The first-order chi connectivity index (χ1) is 3.79. The van der Waals surface area contributed by atoms with E-state index in [2.05, 4.69) is 4.74 Å². The van der Waals surface area contributed by atoms with E-state index in [0.717, 1.165) is 0 Å². The van der Waals surface area contributed by atoms with Gasteiger partial charge < -0.3 is 4.74 Å². The zero-order valence-electron chi connectivity index (χ0n) is 5.60. The Morgan fingerprint density at radius 3 is 2.00 bits per heavy atom. The van der Waals surface area contributed by atoms with Gasteiger partial charge in [0.1, 0.15) is 6.10 Å². The highest BCUT2D eigenvalue weighted by Crippen LogP contribution is 2.10. The average molecular weight is 116 g/mol. The van der Waals surface area contributed by atoms with Gasteiger partial charge in [-0.3, -0.25) is 4.79 Å². The molecule has 1 rings (SSSR count). The molecule has 0 aliphatic carbocycles. The Morgan fingerprint density at radius 2 is 2.00 bits per heavy atom. The van der Waals surface area contributed by atoms with Gasteiger partial charge in [-0.2, -0.15) is 0 Å². The van der Waals surface area contributed by atoms with Crippen LogP contribution in [0.15, 0.2) is 0 Å². The smallest absolute Gasteiger partial charge is 0.309 e. The number of carbonyl (C=O) groups excluding carboxylic acids is 1. The lowest BCUT2D eigenvalue weighted by Crippen LogP contribution is -2.29.